The number of pyridine rings is 1. The molecule has 4 rings (SSSR count). The summed E-state index contributed by atoms with van der Waals surface area (Å²) in [5.41, 5.74) is 2.47. The lowest BCUT2D eigenvalue weighted by molar-refractivity contribution is -0.121. The Balaban J connectivity index is 1.48. The van der Waals surface area contributed by atoms with Crippen LogP contribution in [0.25, 0.3) is 10.9 Å². The summed E-state index contributed by atoms with van der Waals surface area (Å²) >= 11 is 0. The number of H-pyrrole nitrogens is 1. The van der Waals surface area contributed by atoms with Gasteiger partial charge < -0.3 is 15.4 Å². The van der Waals surface area contributed by atoms with Gasteiger partial charge in [0.25, 0.3) is 0 Å². The number of likely N-dealkylation sites (tertiary alicyclic amines) is 1. The maximum absolute atomic E-state index is 12.8. The third kappa shape index (κ3) is 4.91. The third-order valence-corrected chi connectivity index (χ3v) is 5.38. The summed E-state index contributed by atoms with van der Waals surface area (Å²) in [4.78, 5) is 29.3. The van der Waals surface area contributed by atoms with Gasteiger partial charge in [-0.25, -0.2) is 0 Å². The number of hydrogen-bond donors (Lipinski definition) is 3. The molecule has 0 unspecified atom stereocenters. The van der Waals surface area contributed by atoms with Crippen LogP contribution in [-0.4, -0.2) is 46.6 Å². The molecule has 0 radical (unpaired) electrons. The molecule has 1 aliphatic rings. The van der Waals surface area contributed by atoms with E-state index in [-0.39, 0.29) is 30.0 Å². The zero-order valence-corrected chi connectivity index (χ0v) is 16.2. The number of β-amino-alcohol motifs (C(OH)–C–C–N with tert-alkyl or cyclic N) is 1. The van der Waals surface area contributed by atoms with Crippen LogP contribution in [0.4, 0.5) is 0 Å². The topological polar surface area (TPSA) is 85.4 Å². The fraction of sp³-hybridized carbons (Fsp3) is 0.304. The van der Waals surface area contributed by atoms with E-state index in [0.717, 1.165) is 35.0 Å². The van der Waals surface area contributed by atoms with Crippen LogP contribution in [0.15, 0.2) is 65.5 Å². The molecule has 1 aromatic heterocycles. The van der Waals surface area contributed by atoms with E-state index in [1.807, 2.05) is 48.5 Å². The summed E-state index contributed by atoms with van der Waals surface area (Å²) in [6.07, 6.45) is 0.714. The largest absolute Gasteiger partial charge is 0.392 e. The molecule has 150 valence electrons. The Hall–Kier alpha value is -2.96. The summed E-state index contributed by atoms with van der Waals surface area (Å²) in [7, 11) is 0. The maximum atomic E-state index is 12.8. The Morgan fingerprint density at radius 3 is 2.72 bits per heavy atom. The first-order valence-electron chi connectivity index (χ1n) is 9.93. The molecule has 29 heavy (non-hydrogen) atoms. The number of fused-ring (bicyclic) bond motifs is 1. The smallest absolute Gasteiger partial charge is 0.248 e. The summed E-state index contributed by atoms with van der Waals surface area (Å²) in [6.45, 7) is 2.13. The lowest BCUT2D eigenvalue weighted by Gasteiger charge is -2.25. The van der Waals surface area contributed by atoms with Crippen molar-refractivity contribution in [3.05, 3.63) is 82.1 Å². The molecule has 1 aliphatic heterocycles. The Bertz CT molecular complexity index is 1050. The van der Waals surface area contributed by atoms with E-state index < -0.39 is 0 Å². The Labute approximate surface area is 169 Å². The summed E-state index contributed by atoms with van der Waals surface area (Å²) in [5.74, 6) is -0.0729. The number of carbonyl (C=O) groups is 1. The average Bonchev–Trinajstić information content (AvgIpc) is 3.12. The van der Waals surface area contributed by atoms with Crippen molar-refractivity contribution in [3.8, 4) is 0 Å². The molecule has 0 saturated carbocycles. The molecule has 6 heteroatoms. The first kappa shape index (κ1) is 19.4. The van der Waals surface area contributed by atoms with Crippen LogP contribution < -0.4 is 10.9 Å². The fourth-order valence-corrected chi connectivity index (χ4v) is 3.89. The van der Waals surface area contributed by atoms with E-state index >= 15 is 0 Å². The first-order valence-corrected chi connectivity index (χ1v) is 9.93. The summed E-state index contributed by atoms with van der Waals surface area (Å²) in [5, 5.41) is 13.9. The van der Waals surface area contributed by atoms with Crippen molar-refractivity contribution in [3.63, 3.8) is 0 Å². The van der Waals surface area contributed by atoms with Crippen molar-refractivity contribution in [2.45, 2.75) is 25.0 Å². The number of benzene rings is 2. The van der Waals surface area contributed by atoms with Gasteiger partial charge in [-0.2, -0.15) is 0 Å². The van der Waals surface area contributed by atoms with Gasteiger partial charge in [-0.05, 0) is 35.1 Å². The van der Waals surface area contributed by atoms with Gasteiger partial charge in [0.05, 0.1) is 18.6 Å². The minimum Gasteiger partial charge on any atom is -0.392 e. The fourth-order valence-electron chi connectivity index (χ4n) is 3.89. The van der Waals surface area contributed by atoms with E-state index in [2.05, 4.69) is 15.2 Å². The Morgan fingerprint density at radius 1 is 1.17 bits per heavy atom. The quantitative estimate of drug-likeness (QED) is 0.600. The van der Waals surface area contributed by atoms with E-state index in [1.54, 1.807) is 6.07 Å². The first-order chi connectivity index (χ1) is 14.1. The second kappa shape index (κ2) is 8.59. The highest BCUT2D eigenvalue weighted by molar-refractivity contribution is 5.83. The van der Waals surface area contributed by atoms with E-state index in [1.165, 1.54) is 6.07 Å². The predicted octanol–water partition coefficient (Wildman–Crippen LogP) is 1.99. The third-order valence-electron chi connectivity index (χ3n) is 5.38. The number of aromatic amines is 1. The van der Waals surface area contributed by atoms with Crippen LogP contribution >= 0.6 is 0 Å². The minimum atomic E-state index is -0.290. The van der Waals surface area contributed by atoms with Crippen molar-refractivity contribution in [2.24, 2.45) is 0 Å². The van der Waals surface area contributed by atoms with E-state index in [9.17, 15) is 14.7 Å². The lowest BCUT2D eigenvalue weighted by Crippen LogP contribution is -2.38. The van der Waals surface area contributed by atoms with E-state index in [0.29, 0.717) is 13.1 Å². The molecular weight excluding hydrogens is 366 g/mol. The van der Waals surface area contributed by atoms with Gasteiger partial charge in [-0.15, -0.1) is 0 Å². The highest BCUT2D eigenvalue weighted by Crippen LogP contribution is 2.19. The number of nitrogens with one attached hydrogen (secondary N) is 2. The second-order valence-electron chi connectivity index (χ2n) is 7.65. The zero-order chi connectivity index (χ0) is 20.2. The number of aliphatic hydroxyl groups excluding tert-OH is 1. The second-order valence-corrected chi connectivity index (χ2v) is 7.65. The standard InChI is InChI=1S/C23H25N3O3/c27-19-10-11-26(14-19)15-21(17-4-2-1-3-5-17)25-23(29)13-16-6-7-18-8-9-22(28)24-20(18)12-16/h1-9,12,19,21,27H,10-11,13-15H2,(H,24,28)(H,25,29)/t19-,21+/m0/s1. The van der Waals surface area contributed by atoms with Crippen LogP contribution in [0.2, 0.25) is 0 Å². The summed E-state index contributed by atoms with van der Waals surface area (Å²) in [6, 6.07) is 18.7. The lowest BCUT2D eigenvalue weighted by atomic mass is 10.0. The predicted molar refractivity (Wildman–Crippen MR) is 113 cm³/mol. The van der Waals surface area contributed by atoms with Crippen LogP contribution in [0.1, 0.15) is 23.6 Å². The van der Waals surface area contributed by atoms with Gasteiger partial charge in [-0.3, -0.25) is 14.5 Å². The molecule has 3 aromatic rings. The van der Waals surface area contributed by atoms with Gasteiger partial charge >= 0.3 is 0 Å². The maximum Gasteiger partial charge on any atom is 0.248 e. The zero-order valence-electron chi connectivity index (χ0n) is 16.2. The Morgan fingerprint density at radius 2 is 1.97 bits per heavy atom. The number of aromatic nitrogens is 1. The number of hydrogen-bond acceptors (Lipinski definition) is 4. The van der Waals surface area contributed by atoms with Gasteiger partial charge in [0.1, 0.15) is 0 Å². The van der Waals surface area contributed by atoms with Gasteiger partial charge in [0, 0.05) is 31.2 Å². The molecule has 1 fully saturated rings. The van der Waals surface area contributed by atoms with Crippen LogP contribution in [0.3, 0.4) is 0 Å². The molecule has 2 heterocycles. The SMILES string of the molecule is O=C(Cc1ccc2ccc(=O)[nH]c2c1)N[C@H](CN1CC[C@H](O)C1)c1ccccc1. The monoisotopic (exact) mass is 391 g/mol. The normalized spacial score (nSPS) is 18.0. The molecule has 1 amide bonds. The van der Waals surface area contributed by atoms with Crippen molar-refractivity contribution < 1.29 is 9.90 Å². The Kier molecular flexibility index (Phi) is 5.74. The van der Waals surface area contributed by atoms with E-state index in [4.69, 9.17) is 0 Å². The van der Waals surface area contributed by atoms with Gasteiger partial charge in [-0.1, -0.05) is 42.5 Å². The average molecular weight is 391 g/mol. The van der Waals surface area contributed by atoms with Crippen molar-refractivity contribution >= 4 is 16.8 Å². The van der Waals surface area contributed by atoms with Crippen molar-refractivity contribution in [1.29, 1.82) is 0 Å². The van der Waals surface area contributed by atoms with Gasteiger partial charge in [0.15, 0.2) is 0 Å². The van der Waals surface area contributed by atoms with Crippen LogP contribution in [0.5, 0.6) is 0 Å². The molecular formula is C23H25N3O3. The molecule has 3 N–H and O–H groups in total. The number of rotatable bonds is 6. The molecule has 0 aliphatic carbocycles. The van der Waals surface area contributed by atoms with Crippen LogP contribution in [-0.2, 0) is 11.2 Å². The minimum absolute atomic E-state index is 0.0729. The number of carbonyl (C=O) groups excluding carboxylic acids is 1. The van der Waals surface area contributed by atoms with Crippen molar-refractivity contribution in [2.75, 3.05) is 19.6 Å². The van der Waals surface area contributed by atoms with Gasteiger partial charge in [0.2, 0.25) is 11.5 Å². The van der Waals surface area contributed by atoms with Crippen molar-refractivity contribution in [1.82, 2.24) is 15.2 Å². The molecule has 1 saturated heterocycles. The van der Waals surface area contributed by atoms with Crippen LogP contribution in [0, 0.1) is 0 Å². The number of amides is 1. The number of aliphatic hydroxyl groups is 1. The number of nitrogens with zero attached hydrogens (tertiary/aromatic N) is 1. The molecule has 2 aromatic carbocycles. The molecule has 2 atom stereocenters. The highest BCUT2D eigenvalue weighted by atomic mass is 16.3. The highest BCUT2D eigenvalue weighted by Gasteiger charge is 2.24. The molecule has 0 bridgehead atoms. The summed E-state index contributed by atoms with van der Waals surface area (Å²) < 4.78 is 0. The molecule has 0 spiro atoms. The molecule has 6 nitrogen and oxygen atoms in total.